The fraction of sp³-hybridized carbons (Fsp3) is 0.190. The number of sulfone groups is 1. The number of carbonyl (C=O) groups excluding carboxylic acids is 1. The third kappa shape index (κ3) is 4.49. The molecular weight excluding hydrogens is 346 g/mol. The predicted molar refractivity (Wildman–Crippen MR) is 105 cm³/mol. The molecule has 0 fully saturated rings. The second kappa shape index (κ2) is 7.30. The summed E-state index contributed by atoms with van der Waals surface area (Å²) in [5.74, 6) is -0.209. The normalized spacial score (nSPS) is 12.7. The summed E-state index contributed by atoms with van der Waals surface area (Å²) in [6, 6.07) is 20.8. The minimum Gasteiger partial charge on any atom is -0.346 e. The van der Waals surface area contributed by atoms with E-state index < -0.39 is 9.84 Å². The largest absolute Gasteiger partial charge is 0.346 e. The Labute approximate surface area is 153 Å². The highest BCUT2D eigenvalue weighted by Crippen LogP contribution is 2.20. The average Bonchev–Trinajstić information content (AvgIpc) is 2.60. The standard InChI is InChI=1S/C21H21NO3S/c1-15(19-12-11-17-5-3-4-6-20(17)13-19)22-21(23)18-9-7-16(8-10-18)14-26(2,24)25/h3-13,15H,14H2,1-2H3,(H,22,23)/t15-/m1/s1. The van der Waals surface area contributed by atoms with Crippen molar-refractivity contribution in [2.24, 2.45) is 0 Å². The predicted octanol–water partition coefficient (Wildman–Crippen LogP) is 3.88. The maximum Gasteiger partial charge on any atom is 0.251 e. The van der Waals surface area contributed by atoms with Crippen LogP contribution in [0.4, 0.5) is 0 Å². The van der Waals surface area contributed by atoms with Crippen LogP contribution in [0.25, 0.3) is 10.8 Å². The molecule has 0 saturated carbocycles. The van der Waals surface area contributed by atoms with Crippen molar-refractivity contribution < 1.29 is 13.2 Å². The molecule has 1 N–H and O–H groups in total. The van der Waals surface area contributed by atoms with Gasteiger partial charge < -0.3 is 5.32 Å². The summed E-state index contributed by atoms with van der Waals surface area (Å²) in [7, 11) is -3.08. The van der Waals surface area contributed by atoms with Crippen LogP contribution in [0, 0.1) is 0 Å². The van der Waals surface area contributed by atoms with Crippen LogP contribution in [-0.4, -0.2) is 20.6 Å². The SMILES string of the molecule is C[C@@H](NC(=O)c1ccc(CS(C)(=O)=O)cc1)c1ccc2ccccc2c1. The van der Waals surface area contributed by atoms with Crippen molar-refractivity contribution in [2.45, 2.75) is 18.7 Å². The first kappa shape index (κ1) is 18.1. The van der Waals surface area contributed by atoms with Crippen molar-refractivity contribution in [3.8, 4) is 0 Å². The second-order valence-corrected chi connectivity index (χ2v) is 8.71. The highest BCUT2D eigenvalue weighted by Gasteiger charge is 2.12. The van der Waals surface area contributed by atoms with E-state index in [1.165, 1.54) is 6.26 Å². The maximum atomic E-state index is 12.5. The smallest absolute Gasteiger partial charge is 0.251 e. The van der Waals surface area contributed by atoms with Crippen LogP contribution in [-0.2, 0) is 15.6 Å². The summed E-state index contributed by atoms with van der Waals surface area (Å²) in [6.07, 6.45) is 1.19. The van der Waals surface area contributed by atoms with Crippen molar-refractivity contribution in [3.63, 3.8) is 0 Å². The van der Waals surface area contributed by atoms with E-state index in [2.05, 4.69) is 17.4 Å². The summed E-state index contributed by atoms with van der Waals surface area (Å²) in [5.41, 5.74) is 2.22. The quantitative estimate of drug-likeness (QED) is 0.744. The van der Waals surface area contributed by atoms with Gasteiger partial charge in [0.2, 0.25) is 0 Å². The molecule has 0 spiro atoms. The van der Waals surface area contributed by atoms with Gasteiger partial charge in [-0.3, -0.25) is 4.79 Å². The first-order valence-corrected chi connectivity index (χ1v) is 10.4. The summed E-state index contributed by atoms with van der Waals surface area (Å²) >= 11 is 0. The van der Waals surface area contributed by atoms with Crippen molar-refractivity contribution >= 4 is 26.5 Å². The molecule has 0 aromatic heterocycles. The zero-order valence-electron chi connectivity index (χ0n) is 14.8. The molecule has 0 aliphatic rings. The second-order valence-electron chi connectivity index (χ2n) is 6.57. The fourth-order valence-electron chi connectivity index (χ4n) is 2.90. The van der Waals surface area contributed by atoms with Gasteiger partial charge in [-0.1, -0.05) is 48.5 Å². The Balaban J connectivity index is 1.71. The van der Waals surface area contributed by atoms with Crippen molar-refractivity contribution in [2.75, 3.05) is 6.26 Å². The van der Waals surface area contributed by atoms with Gasteiger partial charge in [-0.25, -0.2) is 8.42 Å². The third-order valence-electron chi connectivity index (χ3n) is 4.27. The molecule has 1 amide bonds. The molecule has 0 unspecified atom stereocenters. The van der Waals surface area contributed by atoms with Crippen LogP contribution >= 0.6 is 0 Å². The van der Waals surface area contributed by atoms with Crippen LogP contribution < -0.4 is 5.32 Å². The van der Waals surface area contributed by atoms with Crippen molar-refractivity contribution in [1.82, 2.24) is 5.32 Å². The van der Waals surface area contributed by atoms with Gasteiger partial charge in [0, 0.05) is 11.8 Å². The van der Waals surface area contributed by atoms with E-state index in [1.54, 1.807) is 24.3 Å². The van der Waals surface area contributed by atoms with Gasteiger partial charge in [-0.2, -0.15) is 0 Å². The van der Waals surface area contributed by atoms with Crippen LogP contribution in [0.5, 0.6) is 0 Å². The zero-order valence-corrected chi connectivity index (χ0v) is 15.6. The van der Waals surface area contributed by atoms with Crippen LogP contribution in [0.3, 0.4) is 0 Å². The van der Waals surface area contributed by atoms with Gasteiger partial charge in [-0.05, 0) is 47.0 Å². The number of amides is 1. The van der Waals surface area contributed by atoms with E-state index >= 15 is 0 Å². The lowest BCUT2D eigenvalue weighted by Gasteiger charge is -2.15. The Morgan fingerprint density at radius 3 is 2.27 bits per heavy atom. The highest BCUT2D eigenvalue weighted by atomic mass is 32.2. The molecule has 0 aliphatic carbocycles. The lowest BCUT2D eigenvalue weighted by atomic mass is 10.0. The first-order chi connectivity index (χ1) is 12.3. The highest BCUT2D eigenvalue weighted by molar-refractivity contribution is 7.89. The summed E-state index contributed by atoms with van der Waals surface area (Å²) in [4.78, 5) is 12.5. The molecule has 0 heterocycles. The summed E-state index contributed by atoms with van der Waals surface area (Å²) in [6.45, 7) is 1.94. The van der Waals surface area contributed by atoms with Crippen molar-refractivity contribution in [1.29, 1.82) is 0 Å². The summed E-state index contributed by atoms with van der Waals surface area (Å²) < 4.78 is 22.7. The lowest BCUT2D eigenvalue weighted by Crippen LogP contribution is -2.26. The molecule has 3 rings (SSSR count). The average molecular weight is 367 g/mol. The number of hydrogen-bond acceptors (Lipinski definition) is 3. The van der Waals surface area contributed by atoms with Gasteiger partial charge in [0.05, 0.1) is 11.8 Å². The van der Waals surface area contributed by atoms with Crippen LogP contribution in [0.15, 0.2) is 66.7 Å². The van der Waals surface area contributed by atoms with Gasteiger partial charge in [0.25, 0.3) is 5.91 Å². The number of benzene rings is 3. The van der Waals surface area contributed by atoms with Gasteiger partial charge in [-0.15, -0.1) is 0 Å². The molecule has 0 bridgehead atoms. The molecule has 26 heavy (non-hydrogen) atoms. The van der Waals surface area contributed by atoms with E-state index in [4.69, 9.17) is 0 Å². The number of fused-ring (bicyclic) bond motifs is 1. The molecule has 134 valence electrons. The molecule has 1 atom stereocenters. The molecule has 0 aliphatic heterocycles. The van der Waals surface area contributed by atoms with Crippen LogP contribution in [0.2, 0.25) is 0 Å². The fourth-order valence-corrected chi connectivity index (χ4v) is 3.69. The van der Waals surface area contributed by atoms with Crippen LogP contribution in [0.1, 0.15) is 34.5 Å². The molecule has 0 saturated heterocycles. The summed E-state index contributed by atoms with van der Waals surface area (Å²) in [5, 5.41) is 5.29. The Hall–Kier alpha value is -2.66. The van der Waals surface area contributed by atoms with E-state index in [9.17, 15) is 13.2 Å². The van der Waals surface area contributed by atoms with E-state index in [0.29, 0.717) is 11.1 Å². The Bertz CT molecular complexity index is 1040. The monoisotopic (exact) mass is 367 g/mol. The molecule has 4 nitrogen and oxygen atoms in total. The topological polar surface area (TPSA) is 63.2 Å². The molecule has 3 aromatic carbocycles. The minimum absolute atomic E-state index is 0.0254. The Morgan fingerprint density at radius 1 is 0.962 bits per heavy atom. The van der Waals surface area contributed by atoms with Gasteiger partial charge in [0.15, 0.2) is 9.84 Å². The molecule has 3 aromatic rings. The number of rotatable bonds is 5. The number of hydrogen-bond donors (Lipinski definition) is 1. The number of nitrogens with one attached hydrogen (secondary N) is 1. The molecule has 0 radical (unpaired) electrons. The van der Waals surface area contributed by atoms with Gasteiger partial charge in [0.1, 0.15) is 0 Å². The van der Waals surface area contributed by atoms with E-state index in [0.717, 1.165) is 16.3 Å². The van der Waals surface area contributed by atoms with Gasteiger partial charge >= 0.3 is 0 Å². The maximum absolute atomic E-state index is 12.5. The van der Waals surface area contributed by atoms with Crippen molar-refractivity contribution in [3.05, 3.63) is 83.4 Å². The minimum atomic E-state index is -3.08. The number of carbonyl (C=O) groups is 1. The van der Waals surface area contributed by atoms with E-state index in [1.807, 2.05) is 37.3 Å². The first-order valence-electron chi connectivity index (χ1n) is 8.38. The molecular formula is C21H21NO3S. The lowest BCUT2D eigenvalue weighted by molar-refractivity contribution is 0.0940. The molecule has 5 heteroatoms. The zero-order chi connectivity index (χ0) is 18.7. The Morgan fingerprint density at radius 2 is 1.62 bits per heavy atom. The Kier molecular flexibility index (Phi) is 5.09. The van der Waals surface area contributed by atoms with E-state index in [-0.39, 0.29) is 17.7 Å². The third-order valence-corrected chi connectivity index (χ3v) is 5.12.